The highest BCUT2D eigenvalue weighted by atomic mass is 16.5. The van der Waals surface area contributed by atoms with Crippen molar-refractivity contribution < 1.29 is 11.0 Å². The van der Waals surface area contributed by atoms with Gasteiger partial charge in [-0.05, 0) is 24.1 Å². The topological polar surface area (TPSA) is 41.6 Å². The van der Waals surface area contributed by atoms with Gasteiger partial charge in [0, 0.05) is 28.1 Å². The van der Waals surface area contributed by atoms with E-state index in [0.717, 1.165) is 38.4 Å². The molecule has 0 unspecified atom stereocenters. The highest BCUT2D eigenvalue weighted by Crippen LogP contribution is 2.20. The number of rotatable bonds is 10. The number of likely N-dealkylation sites (tertiary alicyclic amines) is 1. The standard InChI is InChI=1S/C19H30N2O2.H2/c1-3-4-5-6-7-12-23-18-10-8-16(9-11-18)13-21-14-17(15-21)19(22)20-2;/h8-11,17H,3-7,12-15H2,1-2H3,(H,20,22);1H. The summed E-state index contributed by atoms with van der Waals surface area (Å²) in [5.41, 5.74) is 1.27. The summed E-state index contributed by atoms with van der Waals surface area (Å²) in [7, 11) is 1.70. The highest BCUT2D eigenvalue weighted by Gasteiger charge is 2.31. The second kappa shape index (κ2) is 9.56. The van der Waals surface area contributed by atoms with Crippen molar-refractivity contribution in [2.75, 3.05) is 26.7 Å². The number of hydrogen-bond donors (Lipinski definition) is 1. The van der Waals surface area contributed by atoms with Crippen LogP contribution in [0.15, 0.2) is 24.3 Å². The number of carbonyl (C=O) groups excluding carboxylic acids is 1. The SMILES string of the molecule is CCCCCCCOc1ccc(CN2CC(C(=O)NC)C2)cc1.[HH]. The second-order valence-corrected chi connectivity index (χ2v) is 6.41. The summed E-state index contributed by atoms with van der Waals surface area (Å²) in [5, 5.41) is 2.71. The summed E-state index contributed by atoms with van der Waals surface area (Å²) in [4.78, 5) is 13.8. The molecule has 0 radical (unpaired) electrons. The molecule has 4 nitrogen and oxygen atoms in total. The first kappa shape index (κ1) is 17.8. The van der Waals surface area contributed by atoms with E-state index < -0.39 is 0 Å². The Morgan fingerprint density at radius 1 is 1.22 bits per heavy atom. The summed E-state index contributed by atoms with van der Waals surface area (Å²) in [5.74, 6) is 1.27. The van der Waals surface area contributed by atoms with Crippen molar-refractivity contribution in [2.24, 2.45) is 5.92 Å². The molecule has 1 N–H and O–H groups in total. The van der Waals surface area contributed by atoms with E-state index in [-0.39, 0.29) is 13.3 Å². The minimum atomic E-state index is 0. The van der Waals surface area contributed by atoms with Gasteiger partial charge in [-0.1, -0.05) is 44.7 Å². The van der Waals surface area contributed by atoms with Gasteiger partial charge in [0.1, 0.15) is 5.75 Å². The smallest absolute Gasteiger partial charge is 0.225 e. The molecule has 1 fully saturated rings. The van der Waals surface area contributed by atoms with E-state index in [1.165, 1.54) is 31.2 Å². The Kier molecular flexibility index (Phi) is 7.40. The molecule has 1 amide bonds. The van der Waals surface area contributed by atoms with E-state index in [9.17, 15) is 4.79 Å². The molecular weight excluding hydrogens is 288 g/mol. The molecule has 0 bridgehead atoms. The van der Waals surface area contributed by atoms with Crippen molar-refractivity contribution in [3.8, 4) is 5.75 Å². The molecule has 23 heavy (non-hydrogen) atoms. The van der Waals surface area contributed by atoms with Gasteiger partial charge in [-0.15, -0.1) is 0 Å². The van der Waals surface area contributed by atoms with Gasteiger partial charge in [0.05, 0.1) is 12.5 Å². The molecule has 130 valence electrons. The lowest BCUT2D eigenvalue weighted by Crippen LogP contribution is -2.52. The van der Waals surface area contributed by atoms with Crippen molar-refractivity contribution in [2.45, 2.75) is 45.6 Å². The van der Waals surface area contributed by atoms with Gasteiger partial charge in [-0.2, -0.15) is 0 Å². The van der Waals surface area contributed by atoms with Crippen LogP contribution in [0, 0.1) is 5.92 Å². The van der Waals surface area contributed by atoms with Crippen LogP contribution < -0.4 is 10.1 Å². The van der Waals surface area contributed by atoms with E-state index >= 15 is 0 Å². The van der Waals surface area contributed by atoms with Crippen LogP contribution in [0.1, 0.15) is 46.0 Å². The van der Waals surface area contributed by atoms with Crippen LogP contribution in [0.3, 0.4) is 0 Å². The monoisotopic (exact) mass is 320 g/mol. The van der Waals surface area contributed by atoms with Crippen molar-refractivity contribution in [3.63, 3.8) is 0 Å². The molecule has 1 aliphatic rings. The van der Waals surface area contributed by atoms with Crippen LogP contribution in [0.5, 0.6) is 5.75 Å². The predicted octanol–water partition coefficient (Wildman–Crippen LogP) is 3.46. The fourth-order valence-electron chi connectivity index (χ4n) is 2.91. The predicted molar refractivity (Wildman–Crippen MR) is 95.6 cm³/mol. The molecule has 0 atom stereocenters. The Hall–Kier alpha value is -1.55. The summed E-state index contributed by atoms with van der Waals surface area (Å²) in [6.07, 6.45) is 6.31. The molecule has 0 aliphatic carbocycles. The van der Waals surface area contributed by atoms with E-state index in [1.807, 2.05) is 0 Å². The van der Waals surface area contributed by atoms with Crippen LogP contribution in [-0.2, 0) is 11.3 Å². The maximum atomic E-state index is 11.5. The van der Waals surface area contributed by atoms with E-state index in [0.29, 0.717) is 0 Å². The number of ether oxygens (including phenoxy) is 1. The molecule has 2 rings (SSSR count). The Morgan fingerprint density at radius 2 is 1.91 bits per heavy atom. The number of nitrogens with one attached hydrogen (secondary N) is 1. The number of hydrogen-bond acceptors (Lipinski definition) is 3. The van der Waals surface area contributed by atoms with Gasteiger partial charge in [0.15, 0.2) is 0 Å². The zero-order chi connectivity index (χ0) is 16.5. The maximum Gasteiger partial charge on any atom is 0.225 e. The third kappa shape index (κ3) is 5.87. The van der Waals surface area contributed by atoms with Crippen molar-refractivity contribution in [3.05, 3.63) is 29.8 Å². The molecule has 0 spiro atoms. The van der Waals surface area contributed by atoms with Crippen LogP contribution in [0.25, 0.3) is 0 Å². The fraction of sp³-hybridized carbons (Fsp3) is 0.632. The van der Waals surface area contributed by atoms with Gasteiger partial charge < -0.3 is 10.1 Å². The maximum absolute atomic E-state index is 11.5. The lowest BCUT2D eigenvalue weighted by atomic mass is 9.98. The van der Waals surface area contributed by atoms with Gasteiger partial charge in [0.2, 0.25) is 5.91 Å². The van der Waals surface area contributed by atoms with Gasteiger partial charge in [0.25, 0.3) is 0 Å². The lowest BCUT2D eigenvalue weighted by Gasteiger charge is -2.38. The average Bonchev–Trinajstić information content (AvgIpc) is 2.54. The zero-order valence-electron chi connectivity index (χ0n) is 14.5. The minimum Gasteiger partial charge on any atom is -0.494 e. The molecule has 1 aromatic carbocycles. The first-order valence-corrected chi connectivity index (χ1v) is 8.88. The largest absolute Gasteiger partial charge is 0.494 e. The molecule has 1 aromatic rings. The first-order valence-electron chi connectivity index (χ1n) is 8.88. The summed E-state index contributed by atoms with van der Waals surface area (Å²) in [6, 6.07) is 8.36. The lowest BCUT2D eigenvalue weighted by molar-refractivity contribution is -0.129. The van der Waals surface area contributed by atoms with Crippen LogP contribution in [-0.4, -0.2) is 37.6 Å². The van der Waals surface area contributed by atoms with E-state index in [2.05, 4.69) is 41.4 Å². The minimum absolute atomic E-state index is 0. The van der Waals surface area contributed by atoms with Crippen molar-refractivity contribution >= 4 is 5.91 Å². The van der Waals surface area contributed by atoms with Crippen LogP contribution >= 0.6 is 0 Å². The third-order valence-electron chi connectivity index (χ3n) is 4.42. The number of carbonyl (C=O) groups is 1. The molecule has 0 saturated carbocycles. The second-order valence-electron chi connectivity index (χ2n) is 6.41. The third-order valence-corrected chi connectivity index (χ3v) is 4.42. The normalized spacial score (nSPS) is 15.2. The summed E-state index contributed by atoms with van der Waals surface area (Å²) in [6.45, 7) is 5.66. The van der Waals surface area contributed by atoms with Gasteiger partial charge in [-0.3, -0.25) is 9.69 Å². The molecule has 1 aliphatic heterocycles. The van der Waals surface area contributed by atoms with Gasteiger partial charge >= 0.3 is 0 Å². The highest BCUT2D eigenvalue weighted by molar-refractivity contribution is 5.79. The fourth-order valence-corrected chi connectivity index (χ4v) is 2.91. The quantitative estimate of drug-likeness (QED) is 0.671. The Balaban J connectivity index is 0.00000288. The average molecular weight is 320 g/mol. The summed E-state index contributed by atoms with van der Waals surface area (Å²) >= 11 is 0. The Morgan fingerprint density at radius 3 is 2.57 bits per heavy atom. The molecule has 1 saturated heterocycles. The van der Waals surface area contributed by atoms with Crippen LogP contribution in [0.2, 0.25) is 0 Å². The summed E-state index contributed by atoms with van der Waals surface area (Å²) < 4.78 is 5.78. The van der Waals surface area contributed by atoms with Crippen molar-refractivity contribution in [1.29, 1.82) is 0 Å². The zero-order valence-corrected chi connectivity index (χ0v) is 14.5. The Labute approximate surface area is 141 Å². The number of benzene rings is 1. The van der Waals surface area contributed by atoms with Gasteiger partial charge in [-0.25, -0.2) is 0 Å². The van der Waals surface area contributed by atoms with E-state index in [1.54, 1.807) is 7.05 Å². The first-order chi connectivity index (χ1) is 11.2. The molecular formula is C19H32N2O2. The van der Waals surface area contributed by atoms with E-state index in [4.69, 9.17) is 4.74 Å². The molecule has 0 aromatic heterocycles. The van der Waals surface area contributed by atoms with Crippen LogP contribution in [0.4, 0.5) is 0 Å². The number of nitrogens with zero attached hydrogens (tertiary/aromatic N) is 1. The molecule has 1 heterocycles. The number of amides is 1. The Bertz CT molecular complexity index is 473. The molecule has 4 heteroatoms. The van der Waals surface area contributed by atoms with Crippen molar-refractivity contribution in [1.82, 2.24) is 10.2 Å². The number of unbranched alkanes of at least 4 members (excludes halogenated alkanes) is 4.